The Hall–Kier alpha value is -2.47. The number of ether oxygens (including phenoxy) is 1. The number of rotatable bonds is 4. The number of nitrogens with zero attached hydrogens (tertiary/aromatic N) is 3. The van der Waals surface area contributed by atoms with Crippen LogP contribution >= 0.6 is 0 Å². The van der Waals surface area contributed by atoms with Crippen LogP contribution in [0, 0.1) is 6.20 Å². The van der Waals surface area contributed by atoms with Crippen LogP contribution in [0.15, 0.2) is 24.3 Å². The van der Waals surface area contributed by atoms with Gasteiger partial charge in [-0.05, 0) is 24.1 Å². The second kappa shape index (κ2) is 6.11. The summed E-state index contributed by atoms with van der Waals surface area (Å²) in [5.74, 6) is 0.262. The van der Waals surface area contributed by atoms with E-state index in [1.165, 1.54) is 5.56 Å². The Balaban J connectivity index is 1.72. The van der Waals surface area contributed by atoms with Gasteiger partial charge in [-0.1, -0.05) is 12.1 Å². The van der Waals surface area contributed by atoms with Gasteiger partial charge < -0.3 is 10.5 Å². The summed E-state index contributed by atoms with van der Waals surface area (Å²) in [6, 6.07) is 8.01. The highest BCUT2D eigenvalue weighted by molar-refractivity contribution is 5.88. The van der Waals surface area contributed by atoms with Gasteiger partial charge in [0.2, 0.25) is 5.82 Å². The van der Waals surface area contributed by atoms with Gasteiger partial charge in [-0.15, -0.1) is 0 Å². The van der Waals surface area contributed by atoms with Crippen molar-refractivity contribution in [2.45, 2.75) is 19.5 Å². The average Bonchev–Trinajstić information content (AvgIpc) is 2.55. The van der Waals surface area contributed by atoms with E-state index in [0.29, 0.717) is 6.54 Å². The quantitative estimate of drug-likeness (QED) is 0.908. The Morgan fingerprint density at radius 2 is 2.18 bits per heavy atom. The number of aromatic nitrogens is 2. The Kier molecular flexibility index (Phi) is 4.02. The van der Waals surface area contributed by atoms with E-state index in [-0.39, 0.29) is 5.82 Å². The largest absolute Gasteiger partial charge is 0.497 e. The molecule has 0 spiro atoms. The van der Waals surface area contributed by atoms with Crippen LogP contribution in [0.3, 0.4) is 0 Å². The van der Waals surface area contributed by atoms with Crippen molar-refractivity contribution in [3.05, 3.63) is 53.1 Å². The number of benzene rings is 1. The van der Waals surface area contributed by atoms with Crippen LogP contribution < -0.4 is 10.5 Å². The maximum absolute atomic E-state index is 11.2. The fraction of sp³-hybridized carbons (Fsp3) is 0.312. The molecule has 1 aliphatic heterocycles. The molecule has 1 aromatic heterocycles. The summed E-state index contributed by atoms with van der Waals surface area (Å²) in [5, 5.41) is 0. The summed E-state index contributed by atoms with van der Waals surface area (Å²) in [6.45, 7) is 2.40. The molecule has 0 bridgehead atoms. The minimum absolute atomic E-state index is 0.0325. The first kappa shape index (κ1) is 14.5. The number of carbonyl (C=O) groups excluding carboxylic acids is 1. The van der Waals surface area contributed by atoms with E-state index < -0.39 is 5.91 Å². The lowest BCUT2D eigenvalue weighted by Crippen LogP contribution is -2.32. The van der Waals surface area contributed by atoms with E-state index >= 15 is 0 Å². The molecule has 3 rings (SSSR count). The number of carbonyl (C=O) groups is 1. The minimum Gasteiger partial charge on any atom is -0.497 e. The summed E-state index contributed by atoms with van der Waals surface area (Å²) in [5.41, 5.74) is 8.23. The average molecular weight is 297 g/mol. The van der Waals surface area contributed by atoms with Crippen molar-refractivity contribution in [2.24, 2.45) is 5.73 Å². The number of methoxy groups -OCH3 is 1. The molecule has 6 nitrogen and oxygen atoms in total. The minimum atomic E-state index is -0.619. The Labute approximate surface area is 128 Å². The predicted molar refractivity (Wildman–Crippen MR) is 80.2 cm³/mol. The molecule has 2 heterocycles. The predicted octanol–water partition coefficient (Wildman–Crippen LogP) is 0.943. The molecule has 0 atom stereocenters. The van der Waals surface area contributed by atoms with E-state index in [9.17, 15) is 4.79 Å². The summed E-state index contributed by atoms with van der Waals surface area (Å²) in [7, 11) is 1.66. The number of hydrogen-bond donors (Lipinski definition) is 1. The summed E-state index contributed by atoms with van der Waals surface area (Å²) in [6.07, 6.45) is 3.71. The molecular weight excluding hydrogens is 280 g/mol. The Morgan fingerprint density at radius 1 is 1.41 bits per heavy atom. The van der Waals surface area contributed by atoms with Gasteiger partial charge >= 0.3 is 0 Å². The van der Waals surface area contributed by atoms with Gasteiger partial charge in [0.05, 0.1) is 19.0 Å². The van der Waals surface area contributed by atoms with Gasteiger partial charge in [-0.2, -0.15) is 0 Å². The van der Waals surface area contributed by atoms with Gasteiger partial charge in [0.25, 0.3) is 5.91 Å². The third-order valence-electron chi connectivity index (χ3n) is 3.72. The number of nitrogens with two attached hydrogens (primary N) is 1. The summed E-state index contributed by atoms with van der Waals surface area (Å²) in [4.78, 5) is 21.6. The van der Waals surface area contributed by atoms with Gasteiger partial charge in [0.15, 0.2) is 0 Å². The molecule has 1 amide bonds. The van der Waals surface area contributed by atoms with Crippen molar-refractivity contribution in [1.29, 1.82) is 0 Å². The maximum atomic E-state index is 11.2. The van der Waals surface area contributed by atoms with Crippen LogP contribution in [0.2, 0.25) is 0 Å². The zero-order valence-electron chi connectivity index (χ0n) is 12.4. The molecule has 1 aliphatic rings. The SMILES string of the molecule is COc1ccc(CN2CCc3[c]nc(C(N)=O)nc3C2)cc1. The molecule has 0 fully saturated rings. The number of hydrogen-bond acceptors (Lipinski definition) is 5. The molecule has 0 saturated carbocycles. The molecule has 113 valence electrons. The first-order chi connectivity index (χ1) is 10.7. The van der Waals surface area contributed by atoms with Crippen LogP contribution in [0.5, 0.6) is 5.75 Å². The zero-order chi connectivity index (χ0) is 15.5. The molecule has 6 heteroatoms. The molecule has 0 aliphatic carbocycles. The van der Waals surface area contributed by atoms with Crippen LogP contribution in [0.1, 0.15) is 27.4 Å². The second-order valence-electron chi connectivity index (χ2n) is 5.26. The van der Waals surface area contributed by atoms with E-state index in [0.717, 1.165) is 36.5 Å². The first-order valence-electron chi connectivity index (χ1n) is 7.08. The number of primary amides is 1. The molecule has 1 aromatic carbocycles. The Bertz CT molecular complexity index is 685. The third kappa shape index (κ3) is 3.07. The highest BCUT2D eigenvalue weighted by Gasteiger charge is 2.20. The lowest BCUT2D eigenvalue weighted by atomic mass is 10.1. The van der Waals surface area contributed by atoms with Gasteiger partial charge in [-0.3, -0.25) is 9.69 Å². The van der Waals surface area contributed by atoms with Crippen molar-refractivity contribution in [3.63, 3.8) is 0 Å². The van der Waals surface area contributed by atoms with Gasteiger partial charge in [0, 0.05) is 25.2 Å². The van der Waals surface area contributed by atoms with Crippen LogP contribution in [-0.2, 0) is 19.5 Å². The van der Waals surface area contributed by atoms with E-state index in [1.54, 1.807) is 7.11 Å². The lowest BCUT2D eigenvalue weighted by Gasteiger charge is -2.27. The normalized spacial score (nSPS) is 14.4. The number of amides is 1. The van der Waals surface area contributed by atoms with E-state index in [4.69, 9.17) is 10.5 Å². The van der Waals surface area contributed by atoms with Gasteiger partial charge in [-0.25, -0.2) is 9.97 Å². The van der Waals surface area contributed by atoms with E-state index in [2.05, 4.69) is 33.2 Å². The van der Waals surface area contributed by atoms with Crippen LogP contribution in [-0.4, -0.2) is 34.4 Å². The fourth-order valence-electron chi connectivity index (χ4n) is 2.53. The summed E-state index contributed by atoms with van der Waals surface area (Å²) >= 11 is 0. The standard InChI is InChI=1S/C16H17N4O2/c1-22-13-4-2-11(3-5-13)9-20-7-6-12-8-18-16(15(17)21)19-14(12)10-20/h2-5H,6-7,9-10H2,1H3,(H2,17,21). The van der Waals surface area contributed by atoms with Crippen molar-refractivity contribution in [1.82, 2.24) is 14.9 Å². The second-order valence-corrected chi connectivity index (χ2v) is 5.26. The highest BCUT2D eigenvalue weighted by Crippen LogP contribution is 2.19. The van der Waals surface area contributed by atoms with Crippen molar-refractivity contribution in [3.8, 4) is 5.75 Å². The molecule has 0 unspecified atom stereocenters. The zero-order valence-corrected chi connectivity index (χ0v) is 12.4. The van der Waals surface area contributed by atoms with Gasteiger partial charge in [0.1, 0.15) is 5.75 Å². The van der Waals surface area contributed by atoms with E-state index in [1.807, 2.05) is 12.1 Å². The number of fused-ring (bicyclic) bond motifs is 1. The lowest BCUT2D eigenvalue weighted by molar-refractivity contribution is 0.0989. The fourth-order valence-corrected chi connectivity index (χ4v) is 2.53. The van der Waals surface area contributed by atoms with Crippen molar-refractivity contribution < 1.29 is 9.53 Å². The Morgan fingerprint density at radius 3 is 2.86 bits per heavy atom. The first-order valence-corrected chi connectivity index (χ1v) is 7.08. The van der Waals surface area contributed by atoms with Crippen molar-refractivity contribution in [2.75, 3.05) is 13.7 Å². The molecule has 2 N–H and O–H groups in total. The van der Waals surface area contributed by atoms with Crippen LogP contribution in [0.4, 0.5) is 0 Å². The molecule has 0 saturated heterocycles. The maximum Gasteiger partial charge on any atom is 0.286 e. The van der Waals surface area contributed by atoms with Crippen LogP contribution in [0.25, 0.3) is 0 Å². The highest BCUT2D eigenvalue weighted by atomic mass is 16.5. The molecule has 22 heavy (non-hydrogen) atoms. The van der Waals surface area contributed by atoms with Crippen molar-refractivity contribution >= 4 is 5.91 Å². The topological polar surface area (TPSA) is 81.3 Å². The smallest absolute Gasteiger partial charge is 0.286 e. The molecule has 2 aromatic rings. The third-order valence-corrected chi connectivity index (χ3v) is 3.72. The monoisotopic (exact) mass is 297 g/mol. The molecular formula is C16H17N4O2. The molecule has 1 radical (unpaired) electrons. The summed E-state index contributed by atoms with van der Waals surface area (Å²) < 4.78 is 5.16.